The average Bonchev–Trinajstić information content (AvgIpc) is 2.56. The molecular formula is C19H35NO6. The van der Waals surface area contributed by atoms with Crippen LogP contribution in [0.2, 0.25) is 0 Å². The highest BCUT2D eigenvalue weighted by atomic mass is 16.5. The van der Waals surface area contributed by atoms with Gasteiger partial charge in [-0.3, -0.25) is 0 Å². The van der Waals surface area contributed by atoms with Crippen molar-refractivity contribution < 1.29 is 29.6 Å². The molecule has 0 aliphatic heterocycles. The highest BCUT2D eigenvalue weighted by Crippen LogP contribution is 2.19. The summed E-state index contributed by atoms with van der Waals surface area (Å²) in [6, 6.07) is 0. The van der Waals surface area contributed by atoms with E-state index < -0.39 is 11.9 Å². The summed E-state index contributed by atoms with van der Waals surface area (Å²) in [5, 5.41) is 28.7. The standard InChI is InChI=1S/C15H31NO2.C4H4O4/c1-2-3-11-16-12-14(17)13-18-15-9-7-5-4-6-8-10-15;5-3(6)1-2-4(7)8/h14-17H,2-13H2,1H3;1-2H,(H,5,6)(H,7,8)/b;2-1-. The van der Waals surface area contributed by atoms with Crippen LogP contribution < -0.4 is 5.32 Å². The molecule has 0 amide bonds. The van der Waals surface area contributed by atoms with Gasteiger partial charge in [0.15, 0.2) is 0 Å². The summed E-state index contributed by atoms with van der Waals surface area (Å²) in [6.07, 6.45) is 12.5. The van der Waals surface area contributed by atoms with Crippen molar-refractivity contribution in [3.05, 3.63) is 12.2 Å². The second-order valence-electron chi connectivity index (χ2n) is 6.52. The number of hydrogen-bond acceptors (Lipinski definition) is 5. The molecule has 1 saturated carbocycles. The van der Waals surface area contributed by atoms with Crippen LogP contribution in [0, 0.1) is 0 Å². The Hall–Kier alpha value is -1.44. The van der Waals surface area contributed by atoms with Crippen molar-refractivity contribution in [1.82, 2.24) is 5.32 Å². The number of hydrogen-bond donors (Lipinski definition) is 4. The summed E-state index contributed by atoms with van der Waals surface area (Å²) in [6.45, 7) is 4.32. The van der Waals surface area contributed by atoms with Gasteiger partial charge in [-0.15, -0.1) is 0 Å². The normalized spacial score (nSPS) is 17.0. The number of unbranched alkanes of at least 4 members (excludes halogenated alkanes) is 1. The molecule has 1 atom stereocenters. The summed E-state index contributed by atoms with van der Waals surface area (Å²) in [5.41, 5.74) is 0. The third-order valence-electron chi connectivity index (χ3n) is 4.03. The first kappa shape index (κ1) is 24.6. The van der Waals surface area contributed by atoms with Gasteiger partial charge in [0.25, 0.3) is 0 Å². The summed E-state index contributed by atoms with van der Waals surface area (Å²) >= 11 is 0. The molecule has 0 aromatic carbocycles. The van der Waals surface area contributed by atoms with Crippen LogP contribution in [0.4, 0.5) is 0 Å². The van der Waals surface area contributed by atoms with E-state index in [1.165, 1.54) is 57.8 Å². The number of rotatable bonds is 10. The van der Waals surface area contributed by atoms with E-state index in [9.17, 15) is 14.7 Å². The van der Waals surface area contributed by atoms with Crippen LogP contribution >= 0.6 is 0 Å². The van der Waals surface area contributed by atoms with E-state index in [-0.39, 0.29) is 6.10 Å². The Morgan fingerprint density at radius 3 is 2.12 bits per heavy atom. The molecule has 4 N–H and O–H groups in total. The number of carbonyl (C=O) groups is 2. The van der Waals surface area contributed by atoms with E-state index in [2.05, 4.69) is 12.2 Å². The van der Waals surface area contributed by atoms with Crippen molar-refractivity contribution >= 4 is 11.9 Å². The van der Waals surface area contributed by atoms with E-state index in [0.717, 1.165) is 6.54 Å². The maximum atomic E-state index is 9.82. The molecule has 0 heterocycles. The topological polar surface area (TPSA) is 116 Å². The number of aliphatic hydroxyl groups excluding tert-OH is 1. The maximum Gasteiger partial charge on any atom is 0.328 e. The summed E-state index contributed by atoms with van der Waals surface area (Å²) < 4.78 is 5.85. The molecule has 0 bridgehead atoms. The number of nitrogens with one attached hydrogen (secondary N) is 1. The summed E-state index contributed by atoms with van der Waals surface area (Å²) in [4.78, 5) is 19.1. The summed E-state index contributed by atoms with van der Waals surface area (Å²) in [7, 11) is 0. The van der Waals surface area contributed by atoms with Gasteiger partial charge in [0.2, 0.25) is 0 Å². The number of carboxylic acid groups (broad SMARTS) is 2. The van der Waals surface area contributed by atoms with Gasteiger partial charge in [-0.2, -0.15) is 0 Å². The van der Waals surface area contributed by atoms with Crippen molar-refractivity contribution in [2.45, 2.75) is 76.9 Å². The van der Waals surface area contributed by atoms with Crippen LogP contribution in [-0.2, 0) is 14.3 Å². The van der Waals surface area contributed by atoms with Gasteiger partial charge in [-0.25, -0.2) is 9.59 Å². The zero-order valence-corrected chi connectivity index (χ0v) is 15.9. The van der Waals surface area contributed by atoms with Crippen LogP contribution in [-0.4, -0.2) is 59.2 Å². The molecule has 1 fully saturated rings. The minimum absolute atomic E-state index is 0.354. The molecule has 1 rings (SSSR count). The molecule has 152 valence electrons. The fraction of sp³-hybridized carbons (Fsp3) is 0.789. The quantitative estimate of drug-likeness (QED) is 0.343. The van der Waals surface area contributed by atoms with Crippen LogP contribution in [0.5, 0.6) is 0 Å². The Kier molecular flexibility index (Phi) is 16.1. The number of aliphatic carboxylic acids is 2. The number of aliphatic hydroxyl groups is 1. The Bertz CT molecular complexity index is 375. The summed E-state index contributed by atoms with van der Waals surface area (Å²) in [5.74, 6) is -2.51. The Morgan fingerprint density at radius 1 is 1.08 bits per heavy atom. The van der Waals surface area contributed by atoms with E-state index in [1.54, 1.807) is 0 Å². The molecule has 26 heavy (non-hydrogen) atoms. The first-order valence-electron chi connectivity index (χ1n) is 9.60. The molecule has 1 aliphatic rings. The molecule has 0 radical (unpaired) electrons. The van der Waals surface area contributed by atoms with Crippen LogP contribution in [0.25, 0.3) is 0 Å². The molecule has 0 saturated heterocycles. The van der Waals surface area contributed by atoms with Crippen LogP contribution in [0.15, 0.2) is 12.2 Å². The third kappa shape index (κ3) is 17.4. The predicted molar refractivity (Wildman–Crippen MR) is 100 cm³/mol. The Labute approximate surface area is 156 Å². The van der Waals surface area contributed by atoms with Gasteiger partial charge in [-0.1, -0.05) is 45.4 Å². The Morgan fingerprint density at radius 2 is 1.62 bits per heavy atom. The first-order valence-corrected chi connectivity index (χ1v) is 9.60. The van der Waals surface area contributed by atoms with Crippen molar-refractivity contribution in [2.24, 2.45) is 0 Å². The lowest BCUT2D eigenvalue weighted by molar-refractivity contribution is -0.134. The predicted octanol–water partition coefficient (Wildman–Crippen LogP) is 2.58. The van der Waals surface area contributed by atoms with Gasteiger partial charge < -0.3 is 25.4 Å². The Balaban J connectivity index is 0.000000660. The van der Waals surface area contributed by atoms with Crippen molar-refractivity contribution in [2.75, 3.05) is 19.7 Å². The highest BCUT2D eigenvalue weighted by Gasteiger charge is 2.13. The van der Waals surface area contributed by atoms with Crippen molar-refractivity contribution in [3.8, 4) is 0 Å². The monoisotopic (exact) mass is 373 g/mol. The van der Waals surface area contributed by atoms with Crippen LogP contribution in [0.1, 0.15) is 64.7 Å². The van der Waals surface area contributed by atoms with Gasteiger partial charge in [0, 0.05) is 18.7 Å². The molecule has 1 aliphatic carbocycles. The lowest BCUT2D eigenvalue weighted by Crippen LogP contribution is -2.32. The minimum atomic E-state index is -1.26. The average molecular weight is 373 g/mol. The number of carboxylic acids is 2. The first-order chi connectivity index (χ1) is 12.5. The molecule has 0 spiro atoms. The van der Waals surface area contributed by atoms with Gasteiger partial charge in [0.1, 0.15) is 0 Å². The minimum Gasteiger partial charge on any atom is -0.478 e. The lowest BCUT2D eigenvalue weighted by Gasteiger charge is -2.22. The fourth-order valence-electron chi connectivity index (χ4n) is 2.60. The fourth-order valence-corrected chi connectivity index (χ4v) is 2.60. The highest BCUT2D eigenvalue weighted by molar-refractivity contribution is 5.89. The zero-order chi connectivity index (χ0) is 19.6. The number of ether oxygens (including phenoxy) is 1. The van der Waals surface area contributed by atoms with Crippen LogP contribution in [0.3, 0.4) is 0 Å². The molecule has 7 nitrogen and oxygen atoms in total. The smallest absolute Gasteiger partial charge is 0.328 e. The van der Waals surface area contributed by atoms with E-state index >= 15 is 0 Å². The molecule has 7 heteroatoms. The second-order valence-corrected chi connectivity index (χ2v) is 6.52. The molecule has 0 aromatic rings. The van der Waals surface area contributed by atoms with Gasteiger partial charge in [-0.05, 0) is 25.8 Å². The van der Waals surface area contributed by atoms with Gasteiger partial charge in [0.05, 0.1) is 18.8 Å². The molecule has 1 unspecified atom stereocenters. The van der Waals surface area contributed by atoms with Crippen molar-refractivity contribution in [1.29, 1.82) is 0 Å². The van der Waals surface area contributed by atoms with Gasteiger partial charge >= 0.3 is 11.9 Å². The van der Waals surface area contributed by atoms with E-state index in [1.807, 2.05) is 0 Å². The SMILES string of the molecule is CCCCNCC(O)COC1CCCCCCC1.O=C(O)/C=C\C(=O)O. The maximum absolute atomic E-state index is 9.82. The van der Waals surface area contributed by atoms with E-state index in [4.69, 9.17) is 14.9 Å². The van der Waals surface area contributed by atoms with Crippen molar-refractivity contribution in [3.63, 3.8) is 0 Å². The molecular weight excluding hydrogens is 338 g/mol. The second kappa shape index (κ2) is 17.0. The molecule has 0 aromatic heterocycles. The largest absolute Gasteiger partial charge is 0.478 e. The third-order valence-corrected chi connectivity index (χ3v) is 4.03. The van der Waals surface area contributed by atoms with E-state index in [0.29, 0.717) is 31.4 Å². The lowest BCUT2D eigenvalue weighted by atomic mass is 9.98. The zero-order valence-electron chi connectivity index (χ0n) is 15.9.